The van der Waals surface area contributed by atoms with Gasteiger partial charge in [0, 0.05) is 17.7 Å². The molecule has 1 N–H and O–H groups in total. The van der Waals surface area contributed by atoms with Crippen molar-refractivity contribution in [1.82, 2.24) is 10.3 Å². The summed E-state index contributed by atoms with van der Waals surface area (Å²) in [4.78, 5) is 28.3. The lowest BCUT2D eigenvalue weighted by atomic mass is 9.79. The van der Waals surface area contributed by atoms with Crippen LogP contribution in [0.3, 0.4) is 0 Å². The Labute approximate surface area is 125 Å². The summed E-state index contributed by atoms with van der Waals surface area (Å²) in [6.45, 7) is 1.87. The zero-order valence-electron chi connectivity index (χ0n) is 11.3. The van der Waals surface area contributed by atoms with Crippen LogP contribution in [0.5, 0.6) is 0 Å². The smallest absolute Gasteiger partial charge is 0.234 e. The van der Waals surface area contributed by atoms with Crippen molar-refractivity contribution in [2.75, 3.05) is 0 Å². The first kappa shape index (κ1) is 13.9. The molecule has 2 heterocycles. The summed E-state index contributed by atoms with van der Waals surface area (Å²) in [6, 6.07) is 5.94. The highest BCUT2D eigenvalue weighted by Gasteiger charge is 2.39. The Bertz CT molecular complexity index is 713. The maximum Gasteiger partial charge on any atom is 0.234 e. The van der Waals surface area contributed by atoms with E-state index in [-0.39, 0.29) is 18.2 Å². The van der Waals surface area contributed by atoms with Gasteiger partial charge in [0.1, 0.15) is 5.82 Å². The first-order chi connectivity index (χ1) is 10.0. The van der Waals surface area contributed by atoms with Gasteiger partial charge >= 0.3 is 0 Å². The molecule has 1 aliphatic rings. The minimum atomic E-state index is -0.597. The minimum absolute atomic E-state index is 0.177. The second kappa shape index (κ2) is 5.37. The van der Waals surface area contributed by atoms with E-state index in [2.05, 4.69) is 10.3 Å². The van der Waals surface area contributed by atoms with Gasteiger partial charge in [0.25, 0.3) is 0 Å². The number of aromatic nitrogens is 1. The van der Waals surface area contributed by atoms with Gasteiger partial charge in [-0.15, -0.1) is 11.3 Å². The second-order valence-corrected chi connectivity index (χ2v) is 6.11. The first-order valence-corrected chi connectivity index (χ1v) is 7.44. The van der Waals surface area contributed by atoms with E-state index in [4.69, 9.17) is 0 Å². The number of aryl methyl sites for hydroxylation is 1. The van der Waals surface area contributed by atoms with Gasteiger partial charge in [-0.1, -0.05) is 12.1 Å². The predicted molar refractivity (Wildman–Crippen MR) is 76.5 cm³/mol. The lowest BCUT2D eigenvalue weighted by molar-refractivity contribution is -0.135. The molecule has 108 valence electrons. The Morgan fingerprint density at radius 3 is 2.86 bits per heavy atom. The Kier molecular flexibility index (Phi) is 3.55. The highest BCUT2D eigenvalue weighted by atomic mass is 32.1. The number of nitrogens with one attached hydrogen (secondary N) is 1. The Morgan fingerprint density at radius 2 is 2.19 bits per heavy atom. The van der Waals surface area contributed by atoms with Crippen molar-refractivity contribution in [3.8, 4) is 0 Å². The summed E-state index contributed by atoms with van der Waals surface area (Å²) in [7, 11) is 0. The van der Waals surface area contributed by atoms with Gasteiger partial charge in [0.2, 0.25) is 11.8 Å². The van der Waals surface area contributed by atoms with Gasteiger partial charge in [-0.05, 0) is 24.6 Å². The number of thiazole rings is 1. The van der Waals surface area contributed by atoms with Crippen molar-refractivity contribution in [2.45, 2.75) is 25.2 Å². The second-order valence-electron chi connectivity index (χ2n) is 5.05. The number of benzene rings is 1. The number of hydrogen-bond donors (Lipinski definition) is 1. The van der Waals surface area contributed by atoms with E-state index in [0.29, 0.717) is 5.56 Å². The molecular formula is C15H13FN2O2S. The summed E-state index contributed by atoms with van der Waals surface area (Å²) in [6.07, 6.45) is 0.177. The molecule has 4 nitrogen and oxygen atoms in total. The SMILES string of the molecule is Cc1nc(C2CC(=O)NC(=O)C2c2cccc(F)c2)cs1. The van der Waals surface area contributed by atoms with Gasteiger partial charge in [0.05, 0.1) is 16.6 Å². The van der Waals surface area contributed by atoms with Crippen LogP contribution >= 0.6 is 11.3 Å². The zero-order chi connectivity index (χ0) is 15.0. The fraction of sp³-hybridized carbons (Fsp3) is 0.267. The highest BCUT2D eigenvalue weighted by Crippen LogP contribution is 2.38. The third-order valence-electron chi connectivity index (χ3n) is 3.58. The van der Waals surface area contributed by atoms with Gasteiger partial charge in [-0.3, -0.25) is 14.9 Å². The average molecular weight is 304 g/mol. The summed E-state index contributed by atoms with van der Waals surface area (Å²) >= 11 is 1.47. The lowest BCUT2D eigenvalue weighted by Gasteiger charge is -2.29. The van der Waals surface area contributed by atoms with Crippen LogP contribution in [-0.2, 0) is 9.59 Å². The maximum atomic E-state index is 13.4. The van der Waals surface area contributed by atoms with Gasteiger partial charge < -0.3 is 0 Å². The lowest BCUT2D eigenvalue weighted by Crippen LogP contribution is -2.43. The van der Waals surface area contributed by atoms with Crippen LogP contribution in [0.2, 0.25) is 0 Å². The normalized spacial score (nSPS) is 22.2. The molecule has 0 radical (unpaired) electrons. The van der Waals surface area contributed by atoms with Crippen molar-refractivity contribution in [2.24, 2.45) is 0 Å². The van der Waals surface area contributed by atoms with Gasteiger partial charge in [-0.2, -0.15) is 0 Å². The number of nitrogens with zero attached hydrogens (tertiary/aromatic N) is 1. The van der Waals surface area contributed by atoms with Crippen LogP contribution in [-0.4, -0.2) is 16.8 Å². The van der Waals surface area contributed by atoms with Crippen LogP contribution in [0.25, 0.3) is 0 Å². The summed E-state index contributed by atoms with van der Waals surface area (Å²) in [5.41, 5.74) is 1.28. The van der Waals surface area contributed by atoms with E-state index in [1.165, 1.54) is 23.5 Å². The standard InChI is InChI=1S/C15H13FN2O2S/c1-8-17-12(7-21-8)11-6-13(19)18-15(20)14(11)9-3-2-4-10(16)5-9/h2-5,7,11,14H,6H2,1H3,(H,18,19,20). The molecule has 3 rings (SSSR count). The summed E-state index contributed by atoms with van der Waals surface area (Å²) in [5, 5.41) is 5.06. The molecule has 2 unspecified atom stereocenters. The molecule has 0 bridgehead atoms. The molecule has 1 aromatic carbocycles. The van der Waals surface area contributed by atoms with E-state index in [1.54, 1.807) is 12.1 Å². The Morgan fingerprint density at radius 1 is 1.38 bits per heavy atom. The van der Waals surface area contributed by atoms with Gasteiger partial charge in [0.15, 0.2) is 0 Å². The number of piperidine rings is 1. The molecule has 21 heavy (non-hydrogen) atoms. The van der Waals surface area contributed by atoms with Crippen molar-refractivity contribution in [3.63, 3.8) is 0 Å². The molecule has 0 spiro atoms. The van der Waals surface area contributed by atoms with Crippen molar-refractivity contribution >= 4 is 23.2 Å². The largest absolute Gasteiger partial charge is 0.296 e. The van der Waals surface area contributed by atoms with Crippen LogP contribution in [0, 0.1) is 12.7 Å². The highest BCUT2D eigenvalue weighted by molar-refractivity contribution is 7.09. The number of imide groups is 1. The van der Waals surface area contributed by atoms with E-state index in [0.717, 1.165) is 10.7 Å². The summed E-state index contributed by atoms with van der Waals surface area (Å²) in [5.74, 6) is -2.06. The third-order valence-corrected chi connectivity index (χ3v) is 4.37. The summed E-state index contributed by atoms with van der Waals surface area (Å²) < 4.78 is 13.4. The molecule has 1 aromatic heterocycles. The number of carbonyl (C=O) groups excluding carboxylic acids is 2. The van der Waals surface area contributed by atoms with Crippen LogP contribution in [0.15, 0.2) is 29.6 Å². The third kappa shape index (κ3) is 2.71. The maximum absolute atomic E-state index is 13.4. The first-order valence-electron chi connectivity index (χ1n) is 6.56. The van der Waals surface area contributed by atoms with E-state index >= 15 is 0 Å². The molecule has 0 aliphatic carbocycles. The fourth-order valence-electron chi connectivity index (χ4n) is 2.68. The fourth-order valence-corrected chi connectivity index (χ4v) is 3.35. The van der Waals surface area contributed by atoms with Gasteiger partial charge in [-0.25, -0.2) is 9.37 Å². The molecule has 2 atom stereocenters. The Hall–Kier alpha value is -2.08. The monoisotopic (exact) mass is 304 g/mol. The van der Waals surface area contributed by atoms with Crippen molar-refractivity contribution in [1.29, 1.82) is 0 Å². The number of rotatable bonds is 2. The molecule has 1 saturated heterocycles. The van der Waals surface area contributed by atoms with E-state index in [1.807, 2.05) is 12.3 Å². The molecule has 2 aromatic rings. The Balaban J connectivity index is 2.04. The predicted octanol–water partition coefficient (Wildman–Crippen LogP) is 2.50. The minimum Gasteiger partial charge on any atom is -0.296 e. The molecule has 6 heteroatoms. The quantitative estimate of drug-likeness (QED) is 0.867. The molecule has 1 aliphatic heterocycles. The molecule has 2 amide bonds. The number of amides is 2. The van der Waals surface area contributed by atoms with Crippen LogP contribution in [0.4, 0.5) is 4.39 Å². The number of hydrogen-bond acceptors (Lipinski definition) is 4. The van der Waals surface area contributed by atoms with E-state index < -0.39 is 17.6 Å². The number of carbonyl (C=O) groups is 2. The molecular weight excluding hydrogens is 291 g/mol. The van der Waals surface area contributed by atoms with Crippen molar-refractivity contribution in [3.05, 3.63) is 51.7 Å². The topological polar surface area (TPSA) is 59.1 Å². The zero-order valence-corrected chi connectivity index (χ0v) is 12.1. The van der Waals surface area contributed by atoms with Crippen LogP contribution < -0.4 is 5.32 Å². The van der Waals surface area contributed by atoms with Crippen LogP contribution in [0.1, 0.15) is 34.5 Å². The van der Waals surface area contributed by atoms with E-state index in [9.17, 15) is 14.0 Å². The average Bonchev–Trinajstić information content (AvgIpc) is 2.84. The number of halogens is 1. The molecule has 1 fully saturated rings. The van der Waals surface area contributed by atoms with Crippen molar-refractivity contribution < 1.29 is 14.0 Å². The molecule has 0 saturated carbocycles.